The van der Waals surface area contributed by atoms with Gasteiger partial charge in [0, 0.05) is 53.4 Å². The van der Waals surface area contributed by atoms with Gasteiger partial charge in [-0.25, -0.2) is 0 Å². The van der Waals surface area contributed by atoms with Crippen LogP contribution in [0.5, 0.6) is 5.75 Å². The fourth-order valence-electron chi connectivity index (χ4n) is 4.54. The molecule has 1 heterocycles. The van der Waals surface area contributed by atoms with Crippen LogP contribution in [-0.4, -0.2) is 30.0 Å². The van der Waals surface area contributed by atoms with Crippen LogP contribution in [0, 0.1) is 18.8 Å². The molecular formula is C25H33N4O3+. The zero-order chi connectivity index (χ0) is 22.7. The van der Waals surface area contributed by atoms with E-state index in [0.29, 0.717) is 35.5 Å². The number of aryl methyl sites for hydroxylation is 1. The first kappa shape index (κ1) is 22.1. The molecule has 4 rings (SSSR count). The molecular weight excluding hydrogens is 404 g/mol. The van der Waals surface area contributed by atoms with E-state index in [2.05, 4.69) is 5.32 Å². The van der Waals surface area contributed by atoms with Crippen LogP contribution in [0.25, 0.3) is 0 Å². The molecule has 0 atom stereocenters. The number of aromatic nitrogens is 1. The maximum Gasteiger partial charge on any atom is 0.325 e. The highest BCUT2D eigenvalue weighted by Crippen LogP contribution is 2.44. The van der Waals surface area contributed by atoms with Crippen molar-refractivity contribution >= 4 is 23.5 Å². The zero-order valence-corrected chi connectivity index (χ0v) is 18.9. The number of hydrogen-bond acceptors (Lipinski definition) is 5. The van der Waals surface area contributed by atoms with Crippen LogP contribution in [0.3, 0.4) is 0 Å². The number of anilines is 2. The van der Waals surface area contributed by atoms with Crippen molar-refractivity contribution < 1.29 is 19.5 Å². The summed E-state index contributed by atoms with van der Waals surface area (Å²) in [6.07, 6.45) is 9.43. The Kier molecular flexibility index (Phi) is 6.63. The number of nitrogen functional groups attached to an aromatic ring is 1. The molecule has 2 aromatic rings. The SMILES string of the molecule is CCOc1cc(N)c(C=NC2CCC(C3CC3)CC2)cc1NC(=O)c1cccc(C)[n+]1O. The Bertz CT molecular complexity index is 1010. The highest BCUT2D eigenvalue weighted by Gasteiger charge is 2.33. The number of aliphatic imine (C=N–C) groups is 1. The molecule has 7 nitrogen and oxygen atoms in total. The van der Waals surface area contributed by atoms with Crippen molar-refractivity contribution in [3.05, 3.63) is 47.3 Å². The predicted molar refractivity (Wildman–Crippen MR) is 125 cm³/mol. The van der Waals surface area contributed by atoms with Gasteiger partial charge in [0.25, 0.3) is 0 Å². The van der Waals surface area contributed by atoms with Crippen LogP contribution in [0.15, 0.2) is 35.3 Å². The number of ether oxygens (including phenoxy) is 1. The minimum absolute atomic E-state index is 0.131. The quantitative estimate of drug-likeness (QED) is 0.262. The summed E-state index contributed by atoms with van der Waals surface area (Å²) in [4.78, 5) is 17.6. The van der Waals surface area contributed by atoms with E-state index in [4.69, 9.17) is 15.5 Å². The van der Waals surface area contributed by atoms with E-state index in [-0.39, 0.29) is 5.69 Å². The number of nitrogens with one attached hydrogen (secondary N) is 1. The van der Waals surface area contributed by atoms with E-state index in [1.165, 1.54) is 25.7 Å². The standard InChI is InChI=1S/C25H32N4O3/c1-3-32-24-14-21(26)19(15-27-20-11-9-18(10-12-20)17-7-8-17)13-22(24)28-25(30)23-6-4-5-16(2)29(23)31/h4-6,13-15,17-18,20,26,30-31H,3,7-12H2,1-2H3/p+1. The van der Waals surface area contributed by atoms with E-state index in [1.54, 1.807) is 37.3 Å². The zero-order valence-electron chi connectivity index (χ0n) is 18.9. The van der Waals surface area contributed by atoms with Crippen molar-refractivity contribution in [2.75, 3.05) is 17.7 Å². The molecule has 0 unspecified atom stereocenters. The molecule has 170 valence electrons. The maximum atomic E-state index is 12.8. The summed E-state index contributed by atoms with van der Waals surface area (Å²) >= 11 is 0. The van der Waals surface area contributed by atoms with Crippen molar-refractivity contribution in [1.82, 2.24) is 0 Å². The van der Waals surface area contributed by atoms with Crippen LogP contribution in [-0.2, 0) is 0 Å². The van der Waals surface area contributed by atoms with Crippen LogP contribution in [0.2, 0.25) is 0 Å². The van der Waals surface area contributed by atoms with Crippen molar-refractivity contribution in [3.8, 4) is 5.75 Å². The lowest BCUT2D eigenvalue weighted by atomic mass is 9.83. The number of nitrogens with zero attached hydrogens (tertiary/aromatic N) is 2. The molecule has 0 radical (unpaired) electrons. The molecule has 2 aliphatic rings. The number of carbonyl (C=O) groups is 1. The average molecular weight is 438 g/mol. The molecule has 0 aliphatic heterocycles. The normalized spacial score (nSPS) is 20.9. The molecule has 2 saturated carbocycles. The second-order valence-electron chi connectivity index (χ2n) is 8.91. The Morgan fingerprint density at radius 2 is 1.91 bits per heavy atom. The molecule has 0 spiro atoms. The molecule has 2 aliphatic carbocycles. The number of pyridine rings is 1. The van der Waals surface area contributed by atoms with Gasteiger partial charge in [-0.3, -0.25) is 15.0 Å². The molecule has 1 aromatic carbocycles. The van der Waals surface area contributed by atoms with Crippen LogP contribution in [0.1, 0.15) is 67.2 Å². The monoisotopic (exact) mass is 437 g/mol. The summed E-state index contributed by atoms with van der Waals surface area (Å²) in [6, 6.07) is 8.83. The lowest BCUT2D eigenvalue weighted by Crippen LogP contribution is -2.42. The van der Waals surface area contributed by atoms with Crippen molar-refractivity contribution in [3.63, 3.8) is 0 Å². The van der Waals surface area contributed by atoms with Gasteiger partial charge in [0.2, 0.25) is 5.69 Å². The topological polar surface area (TPSA) is 101 Å². The minimum atomic E-state index is -0.441. The second-order valence-corrected chi connectivity index (χ2v) is 8.91. The van der Waals surface area contributed by atoms with E-state index in [1.807, 2.05) is 13.1 Å². The van der Waals surface area contributed by atoms with Gasteiger partial charge in [0.15, 0.2) is 0 Å². The number of hydrogen-bond donors (Lipinski definition) is 3. The summed E-state index contributed by atoms with van der Waals surface area (Å²) in [5.74, 6) is 1.91. The van der Waals surface area contributed by atoms with Gasteiger partial charge in [0.05, 0.1) is 12.3 Å². The maximum absolute atomic E-state index is 12.8. The van der Waals surface area contributed by atoms with Crippen LogP contribution in [0.4, 0.5) is 11.4 Å². The molecule has 0 bridgehead atoms. The fraction of sp³-hybridized carbons (Fsp3) is 0.480. The number of rotatable bonds is 7. The summed E-state index contributed by atoms with van der Waals surface area (Å²) in [6.45, 7) is 4.03. The summed E-state index contributed by atoms with van der Waals surface area (Å²) in [5.41, 5.74) is 8.74. The molecule has 7 heteroatoms. The smallest absolute Gasteiger partial charge is 0.325 e. The first-order valence-electron chi connectivity index (χ1n) is 11.6. The summed E-state index contributed by atoms with van der Waals surface area (Å²) < 4.78 is 6.56. The molecule has 32 heavy (non-hydrogen) atoms. The van der Waals surface area contributed by atoms with Gasteiger partial charge >= 0.3 is 11.6 Å². The van der Waals surface area contributed by atoms with E-state index in [0.717, 1.165) is 35.0 Å². The van der Waals surface area contributed by atoms with E-state index < -0.39 is 5.91 Å². The first-order valence-corrected chi connectivity index (χ1v) is 11.6. The number of nitrogens with two attached hydrogens (primary N) is 1. The third kappa shape index (κ3) is 5.03. The Balaban J connectivity index is 1.51. The second kappa shape index (κ2) is 9.59. The molecule has 4 N–H and O–H groups in total. The Morgan fingerprint density at radius 3 is 2.56 bits per heavy atom. The van der Waals surface area contributed by atoms with Crippen molar-refractivity contribution in [1.29, 1.82) is 0 Å². The lowest BCUT2D eigenvalue weighted by Gasteiger charge is -2.26. The molecule has 2 fully saturated rings. The highest BCUT2D eigenvalue weighted by atomic mass is 16.5. The number of carbonyl (C=O) groups excluding carboxylic acids is 1. The largest absolute Gasteiger partial charge is 0.492 e. The Labute approximate surface area is 189 Å². The van der Waals surface area contributed by atoms with Gasteiger partial charge in [0.1, 0.15) is 5.75 Å². The molecule has 1 aromatic heterocycles. The van der Waals surface area contributed by atoms with Crippen molar-refractivity contribution in [2.24, 2.45) is 16.8 Å². The van der Waals surface area contributed by atoms with Gasteiger partial charge in [-0.15, -0.1) is 0 Å². The van der Waals surface area contributed by atoms with Gasteiger partial charge < -0.3 is 15.8 Å². The Morgan fingerprint density at radius 1 is 1.22 bits per heavy atom. The predicted octanol–water partition coefficient (Wildman–Crippen LogP) is 4.14. The third-order valence-corrected chi connectivity index (χ3v) is 6.57. The summed E-state index contributed by atoms with van der Waals surface area (Å²) in [7, 11) is 0. The average Bonchev–Trinajstić information content (AvgIpc) is 3.62. The highest BCUT2D eigenvalue weighted by molar-refractivity contribution is 6.04. The van der Waals surface area contributed by atoms with Gasteiger partial charge in [-0.05, 0) is 69.4 Å². The molecule has 0 saturated heterocycles. The van der Waals surface area contributed by atoms with E-state index in [9.17, 15) is 10.0 Å². The first-order chi connectivity index (χ1) is 15.5. The van der Waals surface area contributed by atoms with E-state index >= 15 is 0 Å². The summed E-state index contributed by atoms with van der Waals surface area (Å²) in [5, 5.41) is 13.0. The van der Waals surface area contributed by atoms with Crippen LogP contribution >= 0.6 is 0 Å². The van der Waals surface area contributed by atoms with Crippen molar-refractivity contribution in [2.45, 2.75) is 58.4 Å². The Hall–Kier alpha value is -3.09. The number of benzene rings is 1. The van der Waals surface area contributed by atoms with Gasteiger partial charge in [-0.2, -0.15) is 0 Å². The fourth-order valence-corrected chi connectivity index (χ4v) is 4.54. The molecule has 1 amide bonds. The number of amides is 1. The lowest BCUT2D eigenvalue weighted by molar-refractivity contribution is -0.909. The third-order valence-electron chi connectivity index (χ3n) is 6.57. The van der Waals surface area contributed by atoms with Gasteiger partial charge in [-0.1, -0.05) is 0 Å². The van der Waals surface area contributed by atoms with Crippen LogP contribution < -0.4 is 20.5 Å². The minimum Gasteiger partial charge on any atom is -0.492 e.